The lowest BCUT2D eigenvalue weighted by atomic mass is 10.1. The number of unbranched alkanes of at least 4 members (excludes halogenated alkanes) is 2. The van der Waals surface area contributed by atoms with Gasteiger partial charge in [0, 0.05) is 24.3 Å². The molecule has 18 heavy (non-hydrogen) atoms. The van der Waals surface area contributed by atoms with Crippen LogP contribution in [0.3, 0.4) is 0 Å². The molecule has 0 bridgehead atoms. The molecule has 0 heterocycles. The van der Waals surface area contributed by atoms with Crippen molar-refractivity contribution in [2.45, 2.75) is 26.2 Å². The summed E-state index contributed by atoms with van der Waals surface area (Å²) in [6, 6.07) is 5.06. The minimum absolute atomic E-state index is 0.328. The predicted molar refractivity (Wildman–Crippen MR) is 74.6 cm³/mol. The highest BCUT2D eigenvalue weighted by atomic mass is 35.5. The predicted octanol–water partition coefficient (Wildman–Crippen LogP) is 3.35. The van der Waals surface area contributed by atoms with E-state index in [1.54, 1.807) is 18.2 Å². The van der Waals surface area contributed by atoms with Crippen LogP contribution < -0.4 is 4.90 Å². The van der Waals surface area contributed by atoms with Gasteiger partial charge in [-0.15, -0.1) is 0 Å². The van der Waals surface area contributed by atoms with Crippen LogP contribution in [-0.4, -0.2) is 25.7 Å². The summed E-state index contributed by atoms with van der Waals surface area (Å²) in [5, 5.41) is 0.464. The number of aldehydes is 1. The summed E-state index contributed by atoms with van der Waals surface area (Å²) < 4.78 is 0. The lowest BCUT2D eigenvalue weighted by Gasteiger charge is -2.21. The second kappa shape index (κ2) is 7.17. The molecule has 1 aromatic rings. The van der Waals surface area contributed by atoms with E-state index < -0.39 is 5.78 Å². The Morgan fingerprint density at radius 2 is 2.11 bits per heavy atom. The van der Waals surface area contributed by atoms with Crippen molar-refractivity contribution < 1.29 is 9.59 Å². The van der Waals surface area contributed by atoms with E-state index >= 15 is 0 Å². The topological polar surface area (TPSA) is 37.4 Å². The van der Waals surface area contributed by atoms with Crippen molar-refractivity contribution in [1.29, 1.82) is 0 Å². The first-order valence-corrected chi connectivity index (χ1v) is 6.48. The van der Waals surface area contributed by atoms with E-state index in [9.17, 15) is 9.59 Å². The number of hydrogen-bond acceptors (Lipinski definition) is 3. The molecule has 0 aromatic heterocycles. The summed E-state index contributed by atoms with van der Waals surface area (Å²) in [7, 11) is 1.92. The Morgan fingerprint density at radius 3 is 2.72 bits per heavy atom. The first-order valence-electron chi connectivity index (χ1n) is 6.10. The Balaban J connectivity index is 2.92. The Kier molecular flexibility index (Phi) is 5.86. The fourth-order valence-electron chi connectivity index (χ4n) is 1.82. The molecule has 3 nitrogen and oxygen atoms in total. The monoisotopic (exact) mass is 267 g/mol. The molecular weight excluding hydrogens is 250 g/mol. The van der Waals surface area contributed by atoms with Gasteiger partial charge in [-0.2, -0.15) is 0 Å². The third kappa shape index (κ3) is 3.84. The zero-order chi connectivity index (χ0) is 13.5. The minimum Gasteiger partial charge on any atom is -0.374 e. The number of carbonyl (C=O) groups excluding carboxylic acids is 2. The number of Topliss-reactive ketones (excluding diaryl/α,β-unsaturated/α-hetero) is 1. The van der Waals surface area contributed by atoms with Gasteiger partial charge in [-0.25, -0.2) is 0 Å². The Hall–Kier alpha value is -1.35. The summed E-state index contributed by atoms with van der Waals surface area (Å²) >= 11 is 5.86. The standard InChI is InChI=1S/C14H18ClNO2/c1-3-4-5-8-16(2)13-7-6-11(15)9-12(13)14(18)10-17/h6-7,9-10H,3-5,8H2,1-2H3. The van der Waals surface area contributed by atoms with Gasteiger partial charge in [-0.3, -0.25) is 9.59 Å². The zero-order valence-electron chi connectivity index (χ0n) is 10.8. The van der Waals surface area contributed by atoms with Crippen molar-refractivity contribution in [2.24, 2.45) is 0 Å². The van der Waals surface area contributed by atoms with Crippen LogP contribution in [0.1, 0.15) is 36.5 Å². The molecule has 0 aliphatic rings. The molecule has 98 valence electrons. The van der Waals surface area contributed by atoms with Crippen molar-refractivity contribution in [1.82, 2.24) is 0 Å². The Labute approximate surface area is 113 Å². The van der Waals surface area contributed by atoms with Crippen molar-refractivity contribution in [3.8, 4) is 0 Å². The molecule has 1 aromatic carbocycles. The van der Waals surface area contributed by atoms with Gasteiger partial charge in [0.25, 0.3) is 0 Å². The summed E-state index contributed by atoms with van der Waals surface area (Å²) in [6.45, 7) is 3.00. The molecular formula is C14H18ClNO2. The fourth-order valence-corrected chi connectivity index (χ4v) is 1.99. The average molecular weight is 268 g/mol. The number of nitrogens with zero attached hydrogens (tertiary/aromatic N) is 1. The van der Waals surface area contributed by atoms with E-state index in [0.717, 1.165) is 31.5 Å². The molecule has 0 amide bonds. The van der Waals surface area contributed by atoms with Crippen LogP contribution in [0.2, 0.25) is 5.02 Å². The average Bonchev–Trinajstić information content (AvgIpc) is 2.37. The van der Waals surface area contributed by atoms with Crippen molar-refractivity contribution >= 4 is 29.4 Å². The van der Waals surface area contributed by atoms with Crippen LogP contribution in [0.5, 0.6) is 0 Å². The van der Waals surface area contributed by atoms with Crippen molar-refractivity contribution in [2.75, 3.05) is 18.5 Å². The summed E-state index contributed by atoms with van der Waals surface area (Å²) in [4.78, 5) is 24.2. The SMILES string of the molecule is CCCCCN(C)c1ccc(Cl)cc1C(=O)C=O. The summed E-state index contributed by atoms with van der Waals surface area (Å²) in [5.74, 6) is -0.533. The van der Waals surface area contributed by atoms with Crippen LogP contribution in [0.4, 0.5) is 5.69 Å². The normalized spacial score (nSPS) is 10.2. The smallest absolute Gasteiger partial charge is 0.227 e. The maximum Gasteiger partial charge on any atom is 0.227 e. The van der Waals surface area contributed by atoms with E-state index in [1.165, 1.54) is 0 Å². The van der Waals surface area contributed by atoms with E-state index in [4.69, 9.17) is 11.6 Å². The molecule has 0 unspecified atom stereocenters. The highest BCUT2D eigenvalue weighted by Crippen LogP contribution is 2.24. The molecule has 1 rings (SSSR count). The third-order valence-corrected chi connectivity index (χ3v) is 3.07. The number of halogens is 1. The number of rotatable bonds is 7. The van der Waals surface area contributed by atoms with E-state index in [2.05, 4.69) is 6.92 Å². The number of anilines is 1. The van der Waals surface area contributed by atoms with Crippen LogP contribution in [0.25, 0.3) is 0 Å². The van der Waals surface area contributed by atoms with Crippen molar-refractivity contribution in [3.63, 3.8) is 0 Å². The highest BCUT2D eigenvalue weighted by Gasteiger charge is 2.14. The van der Waals surface area contributed by atoms with Gasteiger partial charge < -0.3 is 4.90 Å². The highest BCUT2D eigenvalue weighted by molar-refractivity contribution is 6.36. The van der Waals surface area contributed by atoms with Crippen LogP contribution >= 0.6 is 11.6 Å². The van der Waals surface area contributed by atoms with Crippen LogP contribution in [0.15, 0.2) is 18.2 Å². The fraction of sp³-hybridized carbons (Fsp3) is 0.429. The summed E-state index contributed by atoms with van der Waals surface area (Å²) in [6.07, 6.45) is 3.68. The second-order valence-corrected chi connectivity index (χ2v) is 4.71. The first kappa shape index (κ1) is 14.7. The molecule has 0 saturated carbocycles. The molecule has 0 fully saturated rings. The molecule has 4 heteroatoms. The first-order chi connectivity index (χ1) is 8.60. The molecule has 0 aliphatic heterocycles. The summed E-state index contributed by atoms with van der Waals surface area (Å²) in [5.41, 5.74) is 1.13. The van der Waals surface area contributed by atoms with Gasteiger partial charge in [-0.1, -0.05) is 31.4 Å². The van der Waals surface area contributed by atoms with Gasteiger partial charge in [0.15, 0.2) is 6.29 Å². The largest absolute Gasteiger partial charge is 0.374 e. The van der Waals surface area contributed by atoms with Crippen LogP contribution in [0, 0.1) is 0 Å². The van der Waals surface area contributed by atoms with Gasteiger partial charge in [0.1, 0.15) is 0 Å². The van der Waals surface area contributed by atoms with Crippen molar-refractivity contribution in [3.05, 3.63) is 28.8 Å². The van der Waals surface area contributed by atoms with Gasteiger partial charge >= 0.3 is 0 Å². The number of ketones is 1. The third-order valence-electron chi connectivity index (χ3n) is 2.84. The van der Waals surface area contributed by atoms with Gasteiger partial charge in [-0.05, 0) is 24.6 Å². The second-order valence-electron chi connectivity index (χ2n) is 4.27. The minimum atomic E-state index is -0.533. The van der Waals surface area contributed by atoms with Gasteiger partial charge in [0.05, 0.1) is 5.56 Å². The molecule has 0 atom stereocenters. The number of carbonyl (C=O) groups is 2. The van der Waals surface area contributed by atoms with E-state index in [-0.39, 0.29) is 0 Å². The Bertz CT molecular complexity index is 432. The van der Waals surface area contributed by atoms with E-state index in [0.29, 0.717) is 16.9 Å². The number of hydrogen-bond donors (Lipinski definition) is 0. The molecule has 0 saturated heterocycles. The maximum atomic E-state index is 11.6. The van der Waals surface area contributed by atoms with Crippen LogP contribution in [-0.2, 0) is 4.79 Å². The molecule has 0 spiro atoms. The molecule has 0 aliphatic carbocycles. The lowest BCUT2D eigenvalue weighted by Crippen LogP contribution is -2.21. The molecule has 0 radical (unpaired) electrons. The Morgan fingerprint density at radius 1 is 1.39 bits per heavy atom. The quantitative estimate of drug-likeness (QED) is 0.329. The maximum absolute atomic E-state index is 11.6. The lowest BCUT2D eigenvalue weighted by molar-refractivity contribution is -0.104. The molecule has 0 N–H and O–H groups in total. The number of benzene rings is 1. The van der Waals surface area contributed by atoms with Gasteiger partial charge in [0.2, 0.25) is 5.78 Å². The zero-order valence-corrected chi connectivity index (χ0v) is 11.5. The van der Waals surface area contributed by atoms with E-state index in [1.807, 2.05) is 11.9 Å².